The number of nitrogens with one attached hydrogen (secondary N) is 1. The van der Waals surface area contributed by atoms with E-state index >= 15 is 0 Å². The zero-order chi connectivity index (χ0) is 21.3. The fraction of sp³-hybridized carbons (Fsp3) is 0.440. The van der Waals surface area contributed by atoms with E-state index in [1.165, 1.54) is 10.5 Å². The zero-order valence-corrected chi connectivity index (χ0v) is 18.1. The number of hydrogen-bond acceptors (Lipinski definition) is 3. The van der Waals surface area contributed by atoms with Gasteiger partial charge in [0.25, 0.3) is 0 Å². The molecule has 1 heterocycles. The Morgan fingerprint density at radius 3 is 2.40 bits per heavy atom. The fourth-order valence-electron chi connectivity index (χ4n) is 4.05. The number of carbonyl (C=O) groups excluding carboxylic acids is 2. The van der Waals surface area contributed by atoms with Crippen molar-refractivity contribution >= 4 is 17.5 Å². The molecule has 0 aromatic heterocycles. The van der Waals surface area contributed by atoms with E-state index in [1.807, 2.05) is 24.3 Å². The topological polar surface area (TPSA) is 52.7 Å². The minimum atomic E-state index is -0.159. The highest BCUT2D eigenvalue weighted by atomic mass is 16.2. The molecule has 5 nitrogen and oxygen atoms in total. The Morgan fingerprint density at radius 2 is 1.70 bits per heavy atom. The molecule has 1 fully saturated rings. The maximum atomic E-state index is 12.6. The van der Waals surface area contributed by atoms with Gasteiger partial charge in [-0.3, -0.25) is 14.5 Å². The summed E-state index contributed by atoms with van der Waals surface area (Å²) in [5.74, 6) is 0.518. The lowest BCUT2D eigenvalue weighted by atomic mass is 9.90. The van der Waals surface area contributed by atoms with Gasteiger partial charge in [0.05, 0.1) is 13.1 Å². The smallest absolute Gasteiger partial charge is 0.243 e. The summed E-state index contributed by atoms with van der Waals surface area (Å²) in [7, 11) is 1.70. The molecule has 0 aliphatic carbocycles. The molecule has 1 saturated heterocycles. The van der Waals surface area contributed by atoms with Crippen LogP contribution in [0.5, 0.6) is 0 Å². The second-order valence-electron chi connectivity index (χ2n) is 8.22. The zero-order valence-electron chi connectivity index (χ0n) is 18.1. The van der Waals surface area contributed by atoms with E-state index < -0.39 is 0 Å². The first kappa shape index (κ1) is 22.0. The summed E-state index contributed by atoms with van der Waals surface area (Å²) < 4.78 is 0. The van der Waals surface area contributed by atoms with Crippen molar-refractivity contribution in [2.45, 2.75) is 32.6 Å². The summed E-state index contributed by atoms with van der Waals surface area (Å²) in [5.41, 5.74) is 3.31. The molecule has 0 bridgehead atoms. The molecule has 0 atom stereocenters. The first-order chi connectivity index (χ1) is 14.5. The van der Waals surface area contributed by atoms with Crippen LogP contribution in [-0.2, 0) is 22.4 Å². The first-order valence-corrected chi connectivity index (χ1v) is 10.9. The second kappa shape index (κ2) is 10.9. The minimum Gasteiger partial charge on any atom is -0.335 e. The van der Waals surface area contributed by atoms with Gasteiger partial charge >= 0.3 is 0 Å². The van der Waals surface area contributed by atoms with Gasteiger partial charge in [0.1, 0.15) is 0 Å². The number of likely N-dealkylation sites (N-methyl/N-ethyl adjacent to an activating group) is 1. The van der Waals surface area contributed by atoms with Gasteiger partial charge in [-0.25, -0.2) is 0 Å². The Hall–Kier alpha value is -2.66. The van der Waals surface area contributed by atoms with Gasteiger partial charge in [0.2, 0.25) is 11.8 Å². The van der Waals surface area contributed by atoms with Crippen molar-refractivity contribution in [1.82, 2.24) is 9.80 Å². The Bertz CT molecular complexity index is 829. The molecule has 1 N–H and O–H groups in total. The Kier molecular flexibility index (Phi) is 8.03. The van der Waals surface area contributed by atoms with E-state index in [-0.39, 0.29) is 18.4 Å². The van der Waals surface area contributed by atoms with Crippen LogP contribution in [0, 0.1) is 5.92 Å². The number of rotatable bonds is 8. The number of carbonyl (C=O) groups is 2. The van der Waals surface area contributed by atoms with Crippen LogP contribution in [0.15, 0.2) is 54.6 Å². The van der Waals surface area contributed by atoms with Crippen LogP contribution >= 0.6 is 0 Å². The van der Waals surface area contributed by atoms with Gasteiger partial charge < -0.3 is 10.2 Å². The third kappa shape index (κ3) is 6.42. The average Bonchev–Trinajstić information content (AvgIpc) is 2.76. The van der Waals surface area contributed by atoms with Crippen molar-refractivity contribution in [2.24, 2.45) is 5.92 Å². The van der Waals surface area contributed by atoms with Crippen LogP contribution in [-0.4, -0.2) is 54.8 Å². The van der Waals surface area contributed by atoms with E-state index in [4.69, 9.17) is 0 Å². The summed E-state index contributed by atoms with van der Waals surface area (Å²) in [6, 6.07) is 18.4. The molecule has 2 aromatic rings. The summed E-state index contributed by atoms with van der Waals surface area (Å²) in [6.45, 7) is 4.39. The molecule has 0 saturated carbocycles. The highest BCUT2D eigenvalue weighted by Gasteiger charge is 2.23. The van der Waals surface area contributed by atoms with E-state index in [0.29, 0.717) is 12.5 Å². The predicted molar refractivity (Wildman–Crippen MR) is 121 cm³/mol. The third-order valence-electron chi connectivity index (χ3n) is 5.91. The molecular weight excluding hydrogens is 374 g/mol. The summed E-state index contributed by atoms with van der Waals surface area (Å²) >= 11 is 0. The molecule has 160 valence electrons. The van der Waals surface area contributed by atoms with Crippen LogP contribution < -0.4 is 5.32 Å². The van der Waals surface area contributed by atoms with Crippen LogP contribution in [0.4, 0.5) is 5.69 Å². The van der Waals surface area contributed by atoms with Gasteiger partial charge in [-0.05, 0) is 61.9 Å². The van der Waals surface area contributed by atoms with Gasteiger partial charge in [0, 0.05) is 12.7 Å². The van der Waals surface area contributed by atoms with Crippen LogP contribution in [0.3, 0.4) is 0 Å². The number of anilines is 1. The lowest BCUT2D eigenvalue weighted by Crippen LogP contribution is -2.44. The van der Waals surface area contributed by atoms with Gasteiger partial charge in [-0.1, -0.05) is 55.5 Å². The van der Waals surface area contributed by atoms with Crippen molar-refractivity contribution in [2.75, 3.05) is 38.5 Å². The number of benzene rings is 2. The van der Waals surface area contributed by atoms with Crippen molar-refractivity contribution < 1.29 is 9.59 Å². The third-order valence-corrected chi connectivity index (χ3v) is 5.91. The second-order valence-corrected chi connectivity index (χ2v) is 8.22. The molecule has 1 aliphatic heterocycles. The lowest BCUT2D eigenvalue weighted by molar-refractivity contribution is -0.134. The van der Waals surface area contributed by atoms with E-state index in [0.717, 1.165) is 50.0 Å². The van der Waals surface area contributed by atoms with E-state index in [1.54, 1.807) is 7.05 Å². The highest BCUT2D eigenvalue weighted by molar-refractivity contribution is 5.95. The number of piperidine rings is 1. The molecule has 0 unspecified atom stereocenters. The fourth-order valence-corrected chi connectivity index (χ4v) is 4.05. The first-order valence-electron chi connectivity index (χ1n) is 10.9. The maximum Gasteiger partial charge on any atom is 0.243 e. The summed E-state index contributed by atoms with van der Waals surface area (Å²) in [5, 5.41) is 2.93. The molecule has 30 heavy (non-hydrogen) atoms. The monoisotopic (exact) mass is 407 g/mol. The Morgan fingerprint density at radius 1 is 1.03 bits per heavy atom. The molecule has 2 amide bonds. The quantitative estimate of drug-likeness (QED) is 0.727. The minimum absolute atomic E-state index is 0.00423. The predicted octanol–water partition coefficient (Wildman–Crippen LogP) is 3.60. The number of likely N-dealkylation sites (tertiary alicyclic amines) is 1. The molecule has 3 rings (SSSR count). The Labute approximate surface area is 180 Å². The van der Waals surface area contributed by atoms with Gasteiger partial charge in [-0.2, -0.15) is 0 Å². The number of para-hydroxylation sites is 1. The standard InChI is InChI=1S/C25H33N3O2/c1-3-22-11-7-8-12-23(22)26-24(29)18-27(2)25(30)19-28-15-13-21(14-16-28)17-20-9-5-4-6-10-20/h4-12,21H,3,13-19H2,1-2H3,(H,26,29). The van der Waals surface area contributed by atoms with Gasteiger partial charge in [0.15, 0.2) is 0 Å². The lowest BCUT2D eigenvalue weighted by Gasteiger charge is -2.32. The molecule has 5 heteroatoms. The number of hydrogen-bond donors (Lipinski definition) is 1. The van der Waals surface area contributed by atoms with E-state index in [2.05, 4.69) is 47.5 Å². The SMILES string of the molecule is CCc1ccccc1NC(=O)CN(C)C(=O)CN1CCC(Cc2ccccc2)CC1. The van der Waals surface area contributed by atoms with Crippen molar-refractivity contribution in [3.8, 4) is 0 Å². The molecule has 0 spiro atoms. The highest BCUT2D eigenvalue weighted by Crippen LogP contribution is 2.21. The van der Waals surface area contributed by atoms with Crippen molar-refractivity contribution in [3.05, 3.63) is 65.7 Å². The molecular formula is C25H33N3O2. The van der Waals surface area contributed by atoms with Gasteiger partial charge in [-0.15, -0.1) is 0 Å². The summed E-state index contributed by atoms with van der Waals surface area (Å²) in [6.07, 6.45) is 4.19. The van der Waals surface area contributed by atoms with E-state index in [9.17, 15) is 9.59 Å². The summed E-state index contributed by atoms with van der Waals surface area (Å²) in [4.78, 5) is 28.7. The Balaban J connectivity index is 1.40. The number of amides is 2. The van der Waals surface area contributed by atoms with Crippen LogP contribution in [0.2, 0.25) is 0 Å². The van der Waals surface area contributed by atoms with Crippen molar-refractivity contribution in [1.29, 1.82) is 0 Å². The molecule has 2 aromatic carbocycles. The van der Waals surface area contributed by atoms with Crippen molar-refractivity contribution in [3.63, 3.8) is 0 Å². The normalized spacial score (nSPS) is 15.0. The average molecular weight is 408 g/mol. The van der Waals surface area contributed by atoms with Crippen LogP contribution in [0.25, 0.3) is 0 Å². The molecule has 0 radical (unpaired) electrons. The maximum absolute atomic E-state index is 12.6. The largest absolute Gasteiger partial charge is 0.335 e. The number of nitrogens with zero attached hydrogens (tertiary/aromatic N) is 2. The number of aryl methyl sites for hydroxylation is 1. The van der Waals surface area contributed by atoms with Crippen LogP contribution in [0.1, 0.15) is 30.9 Å². The molecule has 1 aliphatic rings.